The summed E-state index contributed by atoms with van der Waals surface area (Å²) in [5.41, 5.74) is 0. The molecule has 1 atom stereocenters. The van der Waals surface area contributed by atoms with Crippen LogP contribution in [0.1, 0.15) is 0 Å². The molecule has 2 rings (SSSR count). The third-order valence-electron chi connectivity index (χ3n) is 2.10. The molecule has 2 fully saturated rings. The second-order valence-electron chi connectivity index (χ2n) is 2.74. The van der Waals surface area contributed by atoms with E-state index in [9.17, 15) is 0 Å². The molecule has 0 bridgehead atoms. The first-order valence-electron chi connectivity index (χ1n) is 3.63. The number of nitrogens with zero attached hydrogens (tertiary/aromatic N) is 1. The van der Waals surface area contributed by atoms with Crippen LogP contribution in [-0.2, 0) is 0 Å². The lowest BCUT2D eigenvalue weighted by molar-refractivity contribution is 0.292. The molecule has 2 saturated heterocycles. The Bertz CT molecular complexity index is 159. The topological polar surface area (TPSA) is 27.3 Å². The van der Waals surface area contributed by atoms with E-state index in [1.807, 2.05) is 0 Å². The van der Waals surface area contributed by atoms with Crippen molar-refractivity contribution in [2.45, 2.75) is 6.04 Å². The number of nitrogens with one attached hydrogen (secondary N) is 2. The summed E-state index contributed by atoms with van der Waals surface area (Å²) in [4.78, 5) is 2.27. The van der Waals surface area contributed by atoms with Crippen molar-refractivity contribution < 1.29 is 0 Å². The van der Waals surface area contributed by atoms with Crippen molar-refractivity contribution in [2.75, 3.05) is 26.2 Å². The van der Waals surface area contributed by atoms with Gasteiger partial charge in [0.05, 0.1) is 6.04 Å². The minimum atomic E-state index is 0.612. The fourth-order valence-corrected chi connectivity index (χ4v) is 1.84. The Kier molecular flexibility index (Phi) is 1.50. The molecule has 0 amide bonds. The summed E-state index contributed by atoms with van der Waals surface area (Å²) in [6.45, 7) is 4.23. The van der Waals surface area contributed by atoms with Crippen LogP contribution in [0.15, 0.2) is 0 Å². The van der Waals surface area contributed by atoms with Crippen molar-refractivity contribution in [3.8, 4) is 0 Å². The van der Waals surface area contributed by atoms with Gasteiger partial charge in [-0.3, -0.25) is 0 Å². The van der Waals surface area contributed by atoms with E-state index < -0.39 is 0 Å². The van der Waals surface area contributed by atoms with Gasteiger partial charge >= 0.3 is 0 Å². The van der Waals surface area contributed by atoms with Gasteiger partial charge in [-0.25, -0.2) is 0 Å². The fraction of sp³-hybridized carbons (Fsp3) is 0.833. The standard InChI is InChI=1S/C6H11N3S/c10-6-8-4-5-3-7-1-2-9(5)6/h5,7H,1-4H2,(H,8,10). The average molecular weight is 157 g/mol. The monoisotopic (exact) mass is 157 g/mol. The predicted octanol–water partition coefficient (Wildman–Crippen LogP) is -0.852. The zero-order valence-corrected chi connectivity index (χ0v) is 6.58. The van der Waals surface area contributed by atoms with Crippen molar-refractivity contribution in [1.82, 2.24) is 15.5 Å². The Hall–Kier alpha value is -0.350. The number of fused-ring (bicyclic) bond motifs is 1. The van der Waals surface area contributed by atoms with Crippen LogP contribution in [-0.4, -0.2) is 42.2 Å². The lowest BCUT2D eigenvalue weighted by atomic mass is 10.2. The number of rotatable bonds is 0. The van der Waals surface area contributed by atoms with Crippen molar-refractivity contribution >= 4 is 17.3 Å². The predicted molar refractivity (Wildman–Crippen MR) is 44.0 cm³/mol. The molecule has 10 heavy (non-hydrogen) atoms. The Balaban J connectivity index is 2.08. The van der Waals surface area contributed by atoms with Crippen molar-refractivity contribution in [2.24, 2.45) is 0 Å². The van der Waals surface area contributed by atoms with E-state index in [4.69, 9.17) is 12.2 Å². The van der Waals surface area contributed by atoms with E-state index in [-0.39, 0.29) is 0 Å². The van der Waals surface area contributed by atoms with E-state index in [0.29, 0.717) is 6.04 Å². The first-order valence-corrected chi connectivity index (χ1v) is 4.04. The van der Waals surface area contributed by atoms with Gasteiger partial charge in [0.1, 0.15) is 0 Å². The smallest absolute Gasteiger partial charge is 0.169 e. The van der Waals surface area contributed by atoms with Gasteiger partial charge < -0.3 is 15.5 Å². The van der Waals surface area contributed by atoms with Crippen LogP contribution in [0.4, 0.5) is 0 Å². The molecule has 3 nitrogen and oxygen atoms in total. The molecule has 0 aromatic rings. The molecule has 0 aromatic heterocycles. The maximum atomic E-state index is 5.10. The van der Waals surface area contributed by atoms with Crippen molar-refractivity contribution in [3.63, 3.8) is 0 Å². The Morgan fingerprint density at radius 2 is 2.40 bits per heavy atom. The highest BCUT2D eigenvalue weighted by molar-refractivity contribution is 7.80. The van der Waals surface area contributed by atoms with Gasteiger partial charge in [0.25, 0.3) is 0 Å². The van der Waals surface area contributed by atoms with Gasteiger partial charge in [0.2, 0.25) is 0 Å². The zero-order valence-electron chi connectivity index (χ0n) is 5.76. The van der Waals surface area contributed by atoms with E-state index in [1.54, 1.807) is 0 Å². The molecular weight excluding hydrogens is 146 g/mol. The molecule has 2 N–H and O–H groups in total. The number of hydrogen-bond donors (Lipinski definition) is 2. The summed E-state index contributed by atoms with van der Waals surface area (Å²) in [5.74, 6) is 0. The molecule has 2 aliphatic rings. The van der Waals surface area contributed by atoms with Gasteiger partial charge in [0, 0.05) is 26.2 Å². The quantitative estimate of drug-likeness (QED) is 0.448. The molecule has 56 valence electrons. The first kappa shape index (κ1) is 6.37. The fourth-order valence-electron chi connectivity index (χ4n) is 1.52. The maximum Gasteiger partial charge on any atom is 0.169 e. The summed E-state index contributed by atoms with van der Waals surface area (Å²) in [6.07, 6.45) is 0. The second kappa shape index (κ2) is 2.36. The lowest BCUT2D eigenvalue weighted by Gasteiger charge is -2.29. The summed E-state index contributed by atoms with van der Waals surface area (Å²) in [5, 5.41) is 7.45. The number of hydrogen-bond acceptors (Lipinski definition) is 2. The highest BCUT2D eigenvalue weighted by Gasteiger charge is 2.29. The first-order chi connectivity index (χ1) is 4.88. The van der Waals surface area contributed by atoms with Gasteiger partial charge in [-0.05, 0) is 12.2 Å². The number of piperazine rings is 1. The Morgan fingerprint density at radius 3 is 3.20 bits per heavy atom. The van der Waals surface area contributed by atoms with E-state index in [0.717, 1.165) is 31.3 Å². The SMILES string of the molecule is S=C1NCC2CNCCN12. The molecule has 0 radical (unpaired) electrons. The molecule has 2 aliphatic heterocycles. The van der Waals surface area contributed by atoms with Crippen LogP contribution in [0, 0.1) is 0 Å². The third kappa shape index (κ3) is 0.876. The van der Waals surface area contributed by atoms with Gasteiger partial charge in [-0.1, -0.05) is 0 Å². The van der Waals surface area contributed by atoms with Gasteiger partial charge in [-0.15, -0.1) is 0 Å². The van der Waals surface area contributed by atoms with Crippen LogP contribution in [0.2, 0.25) is 0 Å². The third-order valence-corrected chi connectivity index (χ3v) is 2.48. The molecule has 2 heterocycles. The van der Waals surface area contributed by atoms with Crippen LogP contribution in [0.3, 0.4) is 0 Å². The largest absolute Gasteiger partial charge is 0.360 e. The Morgan fingerprint density at radius 1 is 1.50 bits per heavy atom. The van der Waals surface area contributed by atoms with Crippen molar-refractivity contribution in [3.05, 3.63) is 0 Å². The highest BCUT2D eigenvalue weighted by Crippen LogP contribution is 2.08. The van der Waals surface area contributed by atoms with Crippen LogP contribution in [0.25, 0.3) is 0 Å². The summed E-state index contributed by atoms with van der Waals surface area (Å²) in [6, 6.07) is 0.612. The van der Waals surface area contributed by atoms with Crippen LogP contribution in [0.5, 0.6) is 0 Å². The van der Waals surface area contributed by atoms with Crippen LogP contribution < -0.4 is 10.6 Å². The molecule has 1 unspecified atom stereocenters. The summed E-state index contributed by atoms with van der Waals surface area (Å²) < 4.78 is 0. The van der Waals surface area contributed by atoms with E-state index in [2.05, 4.69) is 15.5 Å². The second-order valence-corrected chi connectivity index (χ2v) is 3.12. The van der Waals surface area contributed by atoms with Gasteiger partial charge in [0.15, 0.2) is 5.11 Å². The summed E-state index contributed by atoms with van der Waals surface area (Å²) >= 11 is 5.10. The summed E-state index contributed by atoms with van der Waals surface area (Å²) in [7, 11) is 0. The van der Waals surface area contributed by atoms with Crippen molar-refractivity contribution in [1.29, 1.82) is 0 Å². The van der Waals surface area contributed by atoms with Crippen LogP contribution >= 0.6 is 12.2 Å². The van der Waals surface area contributed by atoms with E-state index in [1.165, 1.54) is 0 Å². The minimum absolute atomic E-state index is 0.612. The zero-order chi connectivity index (χ0) is 6.97. The molecule has 0 spiro atoms. The molecule has 0 aliphatic carbocycles. The average Bonchev–Trinajstić information content (AvgIpc) is 2.34. The Labute approximate surface area is 65.8 Å². The van der Waals surface area contributed by atoms with Gasteiger partial charge in [-0.2, -0.15) is 0 Å². The highest BCUT2D eigenvalue weighted by atomic mass is 32.1. The number of thiocarbonyl (C=S) groups is 1. The molecule has 4 heteroatoms. The van der Waals surface area contributed by atoms with E-state index >= 15 is 0 Å². The molecule has 0 aromatic carbocycles. The maximum absolute atomic E-state index is 5.10. The minimum Gasteiger partial charge on any atom is -0.360 e. The molecule has 0 saturated carbocycles. The normalized spacial score (nSPS) is 31.8. The molecular formula is C6H11N3S. The lowest BCUT2D eigenvalue weighted by Crippen LogP contribution is -2.49.